The first-order valence-corrected chi connectivity index (χ1v) is 5.61. The lowest BCUT2D eigenvalue weighted by Gasteiger charge is -2.21. The molecule has 2 heterocycles. The van der Waals surface area contributed by atoms with Gasteiger partial charge < -0.3 is 20.5 Å². The minimum Gasteiger partial charge on any atom is -0.467 e. The Morgan fingerprint density at radius 1 is 1.44 bits per heavy atom. The van der Waals surface area contributed by atoms with Crippen LogP contribution < -0.4 is 21.9 Å². The lowest BCUT2D eigenvalue weighted by molar-refractivity contribution is 0.503. The van der Waals surface area contributed by atoms with Crippen molar-refractivity contribution in [1.82, 2.24) is 9.97 Å². The minimum atomic E-state index is 0.179. The number of hydrogen-bond donors (Lipinski definition) is 3. The van der Waals surface area contributed by atoms with E-state index in [-0.39, 0.29) is 5.95 Å². The van der Waals surface area contributed by atoms with Crippen LogP contribution in [-0.4, -0.2) is 16.5 Å². The van der Waals surface area contributed by atoms with Gasteiger partial charge in [0, 0.05) is 12.6 Å². The van der Waals surface area contributed by atoms with E-state index in [1.54, 1.807) is 12.3 Å². The summed E-state index contributed by atoms with van der Waals surface area (Å²) >= 11 is 0. The van der Waals surface area contributed by atoms with Crippen LogP contribution in [0.4, 0.5) is 17.6 Å². The summed E-state index contributed by atoms with van der Waals surface area (Å²) in [6.07, 6.45) is 1.64. The van der Waals surface area contributed by atoms with Gasteiger partial charge in [-0.05, 0) is 19.1 Å². The molecule has 0 amide bonds. The molecule has 0 aliphatic heterocycles. The summed E-state index contributed by atoms with van der Waals surface area (Å²) in [4.78, 5) is 10.1. The van der Waals surface area contributed by atoms with Crippen molar-refractivity contribution in [2.75, 3.05) is 22.6 Å². The van der Waals surface area contributed by atoms with Crippen molar-refractivity contribution in [3.05, 3.63) is 30.2 Å². The molecule has 0 spiro atoms. The summed E-state index contributed by atoms with van der Waals surface area (Å²) in [5, 5.41) is 0. The predicted molar refractivity (Wildman–Crippen MR) is 69.7 cm³/mol. The molecule has 0 aliphatic rings. The fourth-order valence-electron chi connectivity index (χ4n) is 1.63. The number of nitrogens with one attached hydrogen (secondary N) is 1. The Bertz CT molecular complexity index is 498. The maximum atomic E-state index is 5.63. The zero-order chi connectivity index (χ0) is 13.0. The van der Waals surface area contributed by atoms with Crippen molar-refractivity contribution in [2.24, 2.45) is 5.84 Å². The van der Waals surface area contributed by atoms with Crippen LogP contribution in [0.3, 0.4) is 0 Å². The van der Waals surface area contributed by atoms with E-state index in [0.29, 0.717) is 18.2 Å². The third-order valence-electron chi connectivity index (χ3n) is 2.51. The second kappa shape index (κ2) is 5.37. The van der Waals surface area contributed by atoms with E-state index in [1.165, 1.54) is 0 Å². The zero-order valence-corrected chi connectivity index (χ0v) is 10.1. The third-order valence-corrected chi connectivity index (χ3v) is 2.51. The summed E-state index contributed by atoms with van der Waals surface area (Å²) in [5.41, 5.74) is 8.10. The van der Waals surface area contributed by atoms with Gasteiger partial charge in [0.1, 0.15) is 17.4 Å². The van der Waals surface area contributed by atoms with Gasteiger partial charge in [0.25, 0.3) is 0 Å². The number of anilines is 3. The normalized spacial score (nSPS) is 10.3. The van der Waals surface area contributed by atoms with Crippen molar-refractivity contribution in [2.45, 2.75) is 13.5 Å². The van der Waals surface area contributed by atoms with E-state index in [1.807, 2.05) is 24.0 Å². The van der Waals surface area contributed by atoms with Crippen LogP contribution in [0.5, 0.6) is 0 Å². The molecule has 2 rings (SSSR count). The molecule has 96 valence electrons. The van der Waals surface area contributed by atoms with E-state index in [2.05, 4.69) is 15.4 Å². The van der Waals surface area contributed by atoms with Gasteiger partial charge in [0.05, 0.1) is 12.8 Å². The molecule has 0 unspecified atom stereocenters. The lowest BCUT2D eigenvalue weighted by Crippen LogP contribution is -2.24. The Balaban J connectivity index is 2.24. The number of rotatable bonds is 5. The van der Waals surface area contributed by atoms with E-state index >= 15 is 0 Å². The molecule has 0 radical (unpaired) electrons. The monoisotopic (exact) mass is 248 g/mol. The topological polar surface area (TPSA) is 106 Å². The highest BCUT2D eigenvalue weighted by Gasteiger charge is 2.11. The summed E-state index contributed by atoms with van der Waals surface area (Å²) in [6.45, 7) is 3.40. The average molecular weight is 248 g/mol. The van der Waals surface area contributed by atoms with Gasteiger partial charge in [0.2, 0.25) is 5.95 Å². The summed E-state index contributed by atoms with van der Waals surface area (Å²) < 4.78 is 5.32. The van der Waals surface area contributed by atoms with Crippen molar-refractivity contribution in [1.29, 1.82) is 0 Å². The van der Waals surface area contributed by atoms with Crippen LogP contribution in [0, 0.1) is 0 Å². The number of furan rings is 1. The van der Waals surface area contributed by atoms with E-state index in [0.717, 1.165) is 12.3 Å². The van der Waals surface area contributed by atoms with Gasteiger partial charge in [0.15, 0.2) is 0 Å². The fraction of sp³-hybridized carbons (Fsp3) is 0.273. The summed E-state index contributed by atoms with van der Waals surface area (Å²) in [6, 6.07) is 5.50. The van der Waals surface area contributed by atoms with Gasteiger partial charge in [-0.1, -0.05) is 0 Å². The van der Waals surface area contributed by atoms with Crippen LogP contribution in [0.25, 0.3) is 0 Å². The molecule has 2 aromatic heterocycles. The van der Waals surface area contributed by atoms with Gasteiger partial charge in [-0.25, -0.2) is 5.84 Å². The highest BCUT2D eigenvalue weighted by molar-refractivity contribution is 5.52. The molecule has 5 N–H and O–H groups in total. The number of nitrogens with zero attached hydrogens (tertiary/aromatic N) is 3. The van der Waals surface area contributed by atoms with Crippen LogP contribution >= 0.6 is 0 Å². The average Bonchev–Trinajstić information content (AvgIpc) is 2.88. The second-order valence-electron chi connectivity index (χ2n) is 3.71. The Morgan fingerprint density at radius 3 is 2.89 bits per heavy atom. The molecule has 2 aromatic rings. The first-order valence-electron chi connectivity index (χ1n) is 5.61. The minimum absolute atomic E-state index is 0.179. The molecule has 0 aliphatic carbocycles. The second-order valence-corrected chi connectivity index (χ2v) is 3.71. The Labute approximate surface area is 105 Å². The first kappa shape index (κ1) is 12.2. The number of hydrazine groups is 1. The quantitative estimate of drug-likeness (QED) is 0.534. The first-order chi connectivity index (χ1) is 8.72. The van der Waals surface area contributed by atoms with E-state index < -0.39 is 0 Å². The summed E-state index contributed by atoms with van der Waals surface area (Å²) in [7, 11) is 0. The molecule has 0 aromatic carbocycles. The number of hydrogen-bond acceptors (Lipinski definition) is 7. The van der Waals surface area contributed by atoms with Crippen LogP contribution in [0.15, 0.2) is 28.9 Å². The molecule has 0 atom stereocenters. The molecule has 18 heavy (non-hydrogen) atoms. The van der Waals surface area contributed by atoms with Crippen molar-refractivity contribution >= 4 is 17.6 Å². The molecular weight excluding hydrogens is 232 g/mol. The van der Waals surface area contributed by atoms with Crippen LogP contribution in [-0.2, 0) is 6.54 Å². The molecule has 7 heteroatoms. The number of nitrogens with two attached hydrogens (primary N) is 2. The molecule has 7 nitrogen and oxygen atoms in total. The maximum Gasteiger partial charge on any atom is 0.223 e. The zero-order valence-electron chi connectivity index (χ0n) is 10.1. The standard InChI is InChI=1S/C11H16N6O/c1-2-17(7-8-4-3-5-18-8)10-6-9(16-13)14-11(12)15-10/h3-6H,2,7,13H2,1H3,(H3,12,14,15,16). The molecule has 0 bridgehead atoms. The SMILES string of the molecule is CCN(Cc1ccco1)c1cc(NN)nc(N)n1. The molecular formula is C11H16N6O. The molecule has 0 saturated heterocycles. The van der Waals surface area contributed by atoms with Crippen molar-refractivity contribution in [3.63, 3.8) is 0 Å². The third kappa shape index (κ3) is 2.69. The predicted octanol–water partition coefficient (Wildman–Crippen LogP) is 0.964. The van der Waals surface area contributed by atoms with Crippen LogP contribution in [0.2, 0.25) is 0 Å². The van der Waals surface area contributed by atoms with E-state index in [4.69, 9.17) is 16.0 Å². The van der Waals surface area contributed by atoms with Gasteiger partial charge in [-0.15, -0.1) is 0 Å². The molecule has 0 fully saturated rings. The lowest BCUT2D eigenvalue weighted by atomic mass is 10.3. The van der Waals surface area contributed by atoms with Crippen molar-refractivity contribution < 1.29 is 4.42 Å². The highest BCUT2D eigenvalue weighted by Crippen LogP contribution is 2.18. The van der Waals surface area contributed by atoms with E-state index in [9.17, 15) is 0 Å². The number of nitrogen functional groups attached to an aromatic ring is 2. The van der Waals surface area contributed by atoms with Crippen LogP contribution in [0.1, 0.15) is 12.7 Å². The Kier molecular flexibility index (Phi) is 3.63. The molecule has 0 saturated carbocycles. The van der Waals surface area contributed by atoms with Gasteiger partial charge >= 0.3 is 0 Å². The highest BCUT2D eigenvalue weighted by atomic mass is 16.3. The Morgan fingerprint density at radius 2 is 2.28 bits per heavy atom. The van der Waals surface area contributed by atoms with Gasteiger partial charge in [-0.3, -0.25) is 0 Å². The number of aromatic nitrogens is 2. The van der Waals surface area contributed by atoms with Crippen molar-refractivity contribution in [3.8, 4) is 0 Å². The Hall–Kier alpha value is -2.28. The fourth-order valence-corrected chi connectivity index (χ4v) is 1.63. The maximum absolute atomic E-state index is 5.63. The summed E-state index contributed by atoms with van der Waals surface area (Å²) in [5.74, 6) is 7.55. The van der Waals surface area contributed by atoms with Gasteiger partial charge in [-0.2, -0.15) is 9.97 Å². The largest absolute Gasteiger partial charge is 0.467 e. The smallest absolute Gasteiger partial charge is 0.223 e.